The highest BCUT2D eigenvalue weighted by Gasteiger charge is 2.21. The number of halogens is 1. The van der Waals surface area contributed by atoms with Crippen LogP contribution in [0.3, 0.4) is 0 Å². The number of hydrogen-bond donors (Lipinski definition) is 1. The van der Waals surface area contributed by atoms with Crippen LogP contribution in [0.1, 0.15) is 18.4 Å². The van der Waals surface area contributed by atoms with Gasteiger partial charge in [-0.2, -0.15) is 0 Å². The molecular formula is C20H26FN3O4. The number of nitrogens with one attached hydrogen (secondary N) is 1. The van der Waals surface area contributed by atoms with Crippen molar-refractivity contribution in [3.05, 3.63) is 35.2 Å². The van der Waals surface area contributed by atoms with Gasteiger partial charge in [-0.25, -0.2) is 9.18 Å². The summed E-state index contributed by atoms with van der Waals surface area (Å²) >= 11 is 0. The van der Waals surface area contributed by atoms with Gasteiger partial charge in [0.15, 0.2) is 0 Å². The summed E-state index contributed by atoms with van der Waals surface area (Å²) < 4.78 is 23.6. The van der Waals surface area contributed by atoms with Crippen molar-refractivity contribution in [2.75, 3.05) is 53.0 Å². The monoisotopic (exact) mass is 391 g/mol. The highest BCUT2D eigenvalue weighted by atomic mass is 19.1. The molecule has 0 aliphatic carbocycles. The van der Waals surface area contributed by atoms with E-state index in [1.807, 2.05) is 0 Å². The SMILES string of the molecule is COC(=O)N1CCN(CCCCNC(=O)C2=Cc3cc(F)ccc3OC2)CC1. The van der Waals surface area contributed by atoms with Crippen molar-refractivity contribution in [2.24, 2.45) is 0 Å². The first-order valence-corrected chi connectivity index (χ1v) is 9.53. The minimum Gasteiger partial charge on any atom is -0.488 e. The molecule has 2 heterocycles. The van der Waals surface area contributed by atoms with E-state index >= 15 is 0 Å². The van der Waals surface area contributed by atoms with Gasteiger partial charge in [0.05, 0.1) is 12.7 Å². The van der Waals surface area contributed by atoms with Crippen molar-refractivity contribution in [1.82, 2.24) is 15.1 Å². The molecular weight excluding hydrogens is 365 g/mol. The number of piperazine rings is 1. The Morgan fingerprint density at radius 1 is 1.21 bits per heavy atom. The maximum absolute atomic E-state index is 13.3. The minimum atomic E-state index is -0.354. The summed E-state index contributed by atoms with van der Waals surface area (Å²) in [5.41, 5.74) is 1.08. The van der Waals surface area contributed by atoms with Gasteiger partial charge in [0.25, 0.3) is 5.91 Å². The van der Waals surface area contributed by atoms with Crippen LogP contribution in [-0.2, 0) is 9.53 Å². The molecule has 2 aliphatic heterocycles. The second kappa shape index (κ2) is 9.54. The average molecular weight is 391 g/mol. The van der Waals surface area contributed by atoms with Crippen LogP contribution in [0.5, 0.6) is 5.75 Å². The number of carbonyl (C=O) groups excluding carboxylic acids is 2. The number of benzene rings is 1. The van der Waals surface area contributed by atoms with Gasteiger partial charge in [-0.3, -0.25) is 9.69 Å². The third kappa shape index (κ3) is 5.22. The van der Waals surface area contributed by atoms with E-state index in [1.54, 1.807) is 17.0 Å². The maximum Gasteiger partial charge on any atom is 0.409 e. The zero-order chi connectivity index (χ0) is 19.9. The Kier molecular flexibility index (Phi) is 6.86. The minimum absolute atomic E-state index is 0.179. The topological polar surface area (TPSA) is 71.1 Å². The Balaban J connectivity index is 1.34. The maximum atomic E-state index is 13.3. The fraction of sp³-hybridized carbons (Fsp3) is 0.500. The molecule has 1 saturated heterocycles. The van der Waals surface area contributed by atoms with Crippen molar-refractivity contribution < 1.29 is 23.5 Å². The molecule has 0 spiro atoms. The Hall–Kier alpha value is -2.61. The number of fused-ring (bicyclic) bond motifs is 1. The van der Waals surface area contributed by atoms with E-state index in [4.69, 9.17) is 9.47 Å². The lowest BCUT2D eigenvalue weighted by Gasteiger charge is -2.33. The average Bonchev–Trinajstić information content (AvgIpc) is 2.72. The van der Waals surface area contributed by atoms with E-state index in [0.29, 0.717) is 36.5 Å². The van der Waals surface area contributed by atoms with Crippen molar-refractivity contribution in [3.63, 3.8) is 0 Å². The molecule has 0 atom stereocenters. The predicted octanol–water partition coefficient (Wildman–Crippen LogP) is 1.88. The van der Waals surface area contributed by atoms with Gasteiger partial charge in [-0.1, -0.05) is 0 Å². The van der Waals surface area contributed by atoms with E-state index in [-0.39, 0.29) is 24.4 Å². The second-order valence-electron chi connectivity index (χ2n) is 6.90. The summed E-state index contributed by atoms with van der Waals surface area (Å²) in [5.74, 6) is 0.0551. The van der Waals surface area contributed by atoms with Gasteiger partial charge in [0, 0.05) is 38.3 Å². The van der Waals surface area contributed by atoms with E-state index < -0.39 is 0 Å². The van der Waals surface area contributed by atoms with E-state index in [0.717, 1.165) is 32.5 Å². The van der Waals surface area contributed by atoms with Gasteiger partial charge in [0.2, 0.25) is 0 Å². The fourth-order valence-electron chi connectivity index (χ4n) is 3.34. The standard InChI is InChI=1S/C20H26FN3O4/c1-27-20(26)24-10-8-23(9-11-24)7-3-2-6-22-19(25)16-12-15-13-17(21)4-5-18(15)28-14-16/h4-5,12-13H,2-3,6-11,14H2,1H3,(H,22,25). The van der Waals surface area contributed by atoms with Crippen LogP contribution in [0.25, 0.3) is 6.08 Å². The third-order valence-electron chi connectivity index (χ3n) is 4.97. The van der Waals surface area contributed by atoms with Gasteiger partial charge in [0.1, 0.15) is 18.2 Å². The lowest BCUT2D eigenvalue weighted by atomic mass is 10.1. The molecule has 1 aromatic rings. The molecule has 0 bridgehead atoms. The molecule has 1 fully saturated rings. The van der Waals surface area contributed by atoms with Crippen LogP contribution < -0.4 is 10.1 Å². The molecule has 1 aromatic carbocycles. The molecule has 7 nitrogen and oxygen atoms in total. The summed E-state index contributed by atoms with van der Waals surface area (Å²) in [6, 6.07) is 4.27. The normalized spacial score (nSPS) is 16.6. The molecule has 0 aromatic heterocycles. The molecule has 0 unspecified atom stereocenters. The Bertz CT molecular complexity index is 745. The highest BCUT2D eigenvalue weighted by Crippen LogP contribution is 2.26. The lowest BCUT2D eigenvalue weighted by molar-refractivity contribution is -0.117. The van der Waals surface area contributed by atoms with Crippen molar-refractivity contribution in [1.29, 1.82) is 0 Å². The van der Waals surface area contributed by atoms with Crippen LogP contribution in [0, 0.1) is 5.82 Å². The zero-order valence-corrected chi connectivity index (χ0v) is 16.1. The van der Waals surface area contributed by atoms with Gasteiger partial charge in [-0.05, 0) is 43.7 Å². The number of rotatable bonds is 6. The summed E-state index contributed by atoms with van der Waals surface area (Å²) in [7, 11) is 1.40. The predicted molar refractivity (Wildman–Crippen MR) is 103 cm³/mol. The van der Waals surface area contributed by atoms with Gasteiger partial charge >= 0.3 is 6.09 Å². The molecule has 0 saturated carbocycles. The first-order valence-electron chi connectivity index (χ1n) is 9.53. The first-order chi connectivity index (χ1) is 13.6. The molecule has 28 heavy (non-hydrogen) atoms. The quantitative estimate of drug-likeness (QED) is 0.750. The molecule has 3 rings (SSSR count). The first kappa shape index (κ1) is 20.1. The molecule has 1 N–H and O–H groups in total. The number of nitrogens with zero attached hydrogens (tertiary/aromatic N) is 2. The summed E-state index contributed by atoms with van der Waals surface area (Å²) in [6.07, 6.45) is 3.23. The zero-order valence-electron chi connectivity index (χ0n) is 16.1. The van der Waals surface area contributed by atoms with Crippen molar-refractivity contribution >= 4 is 18.1 Å². The van der Waals surface area contributed by atoms with Crippen LogP contribution in [-0.4, -0.2) is 74.8 Å². The number of amides is 2. The van der Waals surface area contributed by atoms with Gasteiger partial charge < -0.3 is 19.7 Å². The largest absolute Gasteiger partial charge is 0.488 e. The van der Waals surface area contributed by atoms with E-state index in [9.17, 15) is 14.0 Å². The highest BCUT2D eigenvalue weighted by molar-refractivity contribution is 5.99. The van der Waals surface area contributed by atoms with Gasteiger partial charge in [-0.15, -0.1) is 0 Å². The summed E-state index contributed by atoms with van der Waals surface area (Å²) in [5, 5.41) is 2.90. The van der Waals surface area contributed by atoms with Crippen LogP contribution >= 0.6 is 0 Å². The fourth-order valence-corrected chi connectivity index (χ4v) is 3.34. The summed E-state index contributed by atoms with van der Waals surface area (Å²) in [4.78, 5) is 27.8. The van der Waals surface area contributed by atoms with Crippen molar-refractivity contribution in [3.8, 4) is 5.75 Å². The molecule has 8 heteroatoms. The number of methoxy groups -OCH3 is 1. The van der Waals surface area contributed by atoms with Crippen LogP contribution in [0.4, 0.5) is 9.18 Å². The molecule has 2 amide bonds. The Morgan fingerprint density at radius 2 is 2.00 bits per heavy atom. The molecule has 0 radical (unpaired) electrons. The van der Waals surface area contributed by atoms with Crippen LogP contribution in [0.2, 0.25) is 0 Å². The summed E-state index contributed by atoms with van der Waals surface area (Å²) in [6.45, 7) is 4.73. The Morgan fingerprint density at radius 3 is 2.75 bits per heavy atom. The van der Waals surface area contributed by atoms with E-state index in [2.05, 4.69) is 10.2 Å². The number of carbonyl (C=O) groups is 2. The third-order valence-corrected chi connectivity index (χ3v) is 4.97. The van der Waals surface area contributed by atoms with Crippen molar-refractivity contribution in [2.45, 2.75) is 12.8 Å². The lowest BCUT2D eigenvalue weighted by Crippen LogP contribution is -2.48. The molecule has 152 valence electrons. The second-order valence-corrected chi connectivity index (χ2v) is 6.90. The van der Waals surface area contributed by atoms with E-state index in [1.165, 1.54) is 19.2 Å². The number of ether oxygens (including phenoxy) is 2. The number of hydrogen-bond acceptors (Lipinski definition) is 5. The Labute approximate surface area is 164 Å². The number of unbranched alkanes of at least 4 members (excludes halogenated alkanes) is 1. The smallest absolute Gasteiger partial charge is 0.409 e. The van der Waals surface area contributed by atoms with Crippen LogP contribution in [0.15, 0.2) is 23.8 Å². The molecule has 2 aliphatic rings.